The lowest BCUT2D eigenvalue weighted by Gasteiger charge is -2.05. The molecule has 0 aliphatic rings. The zero-order valence-electron chi connectivity index (χ0n) is 10.9. The highest BCUT2D eigenvalue weighted by molar-refractivity contribution is 9.08. The van der Waals surface area contributed by atoms with E-state index in [4.69, 9.17) is 0 Å². The first kappa shape index (κ1) is 12.4. The van der Waals surface area contributed by atoms with E-state index >= 15 is 0 Å². The summed E-state index contributed by atoms with van der Waals surface area (Å²) >= 11 is 3.43. The van der Waals surface area contributed by atoms with E-state index in [9.17, 15) is 0 Å². The van der Waals surface area contributed by atoms with Crippen LogP contribution in [0.25, 0.3) is 16.9 Å². The van der Waals surface area contributed by atoms with E-state index in [0.717, 1.165) is 22.2 Å². The summed E-state index contributed by atoms with van der Waals surface area (Å²) < 4.78 is 2.03. The lowest BCUT2D eigenvalue weighted by atomic mass is 10.1. The SMILES string of the molecule is Cc1cc2ncn(-c3ccc(CBr)cn3)c2cc1C. The summed E-state index contributed by atoms with van der Waals surface area (Å²) in [6.07, 6.45) is 3.72. The van der Waals surface area contributed by atoms with Crippen LogP contribution in [0.4, 0.5) is 0 Å². The first-order valence-electron chi connectivity index (χ1n) is 6.14. The maximum absolute atomic E-state index is 4.49. The minimum absolute atomic E-state index is 0.823. The highest BCUT2D eigenvalue weighted by Crippen LogP contribution is 2.21. The Kier molecular flexibility index (Phi) is 3.11. The smallest absolute Gasteiger partial charge is 0.138 e. The van der Waals surface area contributed by atoms with Crippen LogP contribution in [0, 0.1) is 13.8 Å². The molecule has 0 atom stereocenters. The number of hydrogen-bond acceptors (Lipinski definition) is 2. The maximum Gasteiger partial charge on any atom is 0.138 e. The number of imidazole rings is 1. The van der Waals surface area contributed by atoms with Gasteiger partial charge in [-0.3, -0.25) is 4.57 Å². The van der Waals surface area contributed by atoms with Crippen molar-refractivity contribution in [1.82, 2.24) is 14.5 Å². The Morgan fingerprint density at radius 2 is 1.89 bits per heavy atom. The summed E-state index contributed by atoms with van der Waals surface area (Å²) in [5.41, 5.74) is 5.81. The third-order valence-corrected chi connectivity index (χ3v) is 4.02. The number of aromatic nitrogens is 3. The van der Waals surface area contributed by atoms with Crippen molar-refractivity contribution < 1.29 is 0 Å². The van der Waals surface area contributed by atoms with Crippen LogP contribution in [0.15, 0.2) is 36.8 Å². The summed E-state index contributed by atoms with van der Waals surface area (Å²) in [5, 5.41) is 0.823. The van der Waals surface area contributed by atoms with Crippen molar-refractivity contribution in [1.29, 1.82) is 0 Å². The Morgan fingerprint density at radius 1 is 1.11 bits per heavy atom. The number of alkyl halides is 1. The van der Waals surface area contributed by atoms with Crippen LogP contribution >= 0.6 is 15.9 Å². The molecule has 0 spiro atoms. The van der Waals surface area contributed by atoms with Crippen molar-refractivity contribution >= 4 is 27.0 Å². The van der Waals surface area contributed by atoms with Crippen LogP contribution in [0.2, 0.25) is 0 Å². The lowest BCUT2D eigenvalue weighted by molar-refractivity contribution is 1.01. The maximum atomic E-state index is 4.49. The zero-order valence-corrected chi connectivity index (χ0v) is 12.5. The highest BCUT2D eigenvalue weighted by Gasteiger charge is 2.07. The molecule has 0 bridgehead atoms. The average molecular weight is 316 g/mol. The molecule has 3 rings (SSSR count). The van der Waals surface area contributed by atoms with Crippen molar-refractivity contribution in [3.8, 4) is 5.82 Å². The number of pyridine rings is 1. The molecule has 0 unspecified atom stereocenters. The molecule has 0 amide bonds. The second-order valence-corrected chi connectivity index (χ2v) is 5.26. The molecule has 3 nitrogen and oxygen atoms in total. The third kappa shape index (κ3) is 2.16. The molecule has 1 aromatic carbocycles. The average Bonchev–Trinajstić information content (AvgIpc) is 2.82. The van der Waals surface area contributed by atoms with Gasteiger partial charge in [-0.1, -0.05) is 22.0 Å². The summed E-state index contributed by atoms with van der Waals surface area (Å²) in [6.45, 7) is 4.23. The van der Waals surface area contributed by atoms with E-state index in [2.05, 4.69) is 57.9 Å². The monoisotopic (exact) mass is 315 g/mol. The first-order valence-corrected chi connectivity index (χ1v) is 7.27. The van der Waals surface area contributed by atoms with E-state index in [1.54, 1.807) is 0 Å². The van der Waals surface area contributed by atoms with Crippen LogP contribution in [0.5, 0.6) is 0 Å². The summed E-state index contributed by atoms with van der Waals surface area (Å²) in [6, 6.07) is 8.38. The van der Waals surface area contributed by atoms with Gasteiger partial charge < -0.3 is 0 Å². The molecule has 0 saturated carbocycles. The van der Waals surface area contributed by atoms with Gasteiger partial charge in [0.05, 0.1) is 11.0 Å². The van der Waals surface area contributed by atoms with Gasteiger partial charge in [-0.2, -0.15) is 0 Å². The molecule has 4 heteroatoms. The van der Waals surface area contributed by atoms with Crippen molar-refractivity contribution in [2.24, 2.45) is 0 Å². The van der Waals surface area contributed by atoms with Crippen molar-refractivity contribution in [3.63, 3.8) is 0 Å². The standard InChI is InChI=1S/C15H14BrN3/c1-10-5-13-14(6-11(10)2)19(9-18-13)15-4-3-12(7-16)8-17-15/h3-6,8-9H,7H2,1-2H3. The highest BCUT2D eigenvalue weighted by atomic mass is 79.9. The van der Waals surface area contributed by atoms with Gasteiger partial charge in [-0.15, -0.1) is 0 Å². The van der Waals surface area contributed by atoms with Crippen LogP contribution in [-0.2, 0) is 5.33 Å². The first-order chi connectivity index (χ1) is 9.19. The zero-order chi connectivity index (χ0) is 13.4. The summed E-state index contributed by atoms with van der Waals surface area (Å²) in [5.74, 6) is 0.899. The predicted molar refractivity (Wildman–Crippen MR) is 81.0 cm³/mol. The van der Waals surface area contributed by atoms with Crippen LogP contribution in [0.3, 0.4) is 0 Å². The summed E-state index contributed by atoms with van der Waals surface area (Å²) in [4.78, 5) is 8.94. The molecule has 2 aromatic heterocycles. The number of rotatable bonds is 2. The van der Waals surface area contributed by atoms with Gasteiger partial charge in [-0.05, 0) is 48.7 Å². The van der Waals surface area contributed by atoms with E-state index in [1.807, 2.05) is 23.2 Å². The van der Waals surface area contributed by atoms with Gasteiger partial charge in [0, 0.05) is 11.5 Å². The molecule has 0 aliphatic carbocycles. The molecule has 2 heterocycles. The van der Waals surface area contributed by atoms with E-state index in [1.165, 1.54) is 16.7 Å². The number of nitrogens with zero attached hydrogens (tertiary/aromatic N) is 3. The second-order valence-electron chi connectivity index (χ2n) is 4.70. The number of hydrogen-bond donors (Lipinski definition) is 0. The summed E-state index contributed by atoms with van der Waals surface area (Å²) in [7, 11) is 0. The Hall–Kier alpha value is -1.68. The van der Waals surface area contributed by atoms with E-state index < -0.39 is 0 Å². The largest absolute Gasteiger partial charge is 0.283 e. The van der Waals surface area contributed by atoms with Crippen LogP contribution < -0.4 is 0 Å². The Balaban J connectivity index is 2.16. The second kappa shape index (κ2) is 4.78. The van der Waals surface area contributed by atoms with Gasteiger partial charge in [-0.25, -0.2) is 9.97 Å². The minimum Gasteiger partial charge on any atom is -0.283 e. The van der Waals surface area contributed by atoms with Crippen molar-refractivity contribution in [2.45, 2.75) is 19.2 Å². The topological polar surface area (TPSA) is 30.7 Å². The quantitative estimate of drug-likeness (QED) is 0.671. The van der Waals surface area contributed by atoms with Gasteiger partial charge in [0.1, 0.15) is 12.1 Å². The molecule has 19 heavy (non-hydrogen) atoms. The molecular weight excluding hydrogens is 302 g/mol. The fraction of sp³-hybridized carbons (Fsp3) is 0.200. The van der Waals surface area contributed by atoms with Crippen molar-refractivity contribution in [3.05, 3.63) is 53.5 Å². The third-order valence-electron chi connectivity index (χ3n) is 3.37. The fourth-order valence-electron chi connectivity index (χ4n) is 2.09. The van der Waals surface area contributed by atoms with Crippen LogP contribution in [0.1, 0.15) is 16.7 Å². The van der Waals surface area contributed by atoms with Gasteiger partial charge in [0.2, 0.25) is 0 Å². The fourth-order valence-corrected chi connectivity index (χ4v) is 2.42. The number of benzene rings is 1. The molecular formula is C15H14BrN3. The molecule has 3 aromatic rings. The normalized spacial score (nSPS) is 11.1. The molecule has 0 fully saturated rings. The minimum atomic E-state index is 0.823. The van der Waals surface area contributed by atoms with Gasteiger partial charge >= 0.3 is 0 Å². The van der Waals surface area contributed by atoms with Gasteiger partial charge in [0.25, 0.3) is 0 Å². The number of aryl methyl sites for hydroxylation is 2. The molecule has 96 valence electrons. The van der Waals surface area contributed by atoms with Crippen molar-refractivity contribution in [2.75, 3.05) is 0 Å². The van der Waals surface area contributed by atoms with Crippen LogP contribution in [-0.4, -0.2) is 14.5 Å². The Bertz CT molecular complexity index is 729. The Morgan fingerprint density at radius 3 is 2.58 bits per heavy atom. The number of fused-ring (bicyclic) bond motifs is 1. The lowest BCUT2D eigenvalue weighted by Crippen LogP contribution is -1.96. The Labute approximate surface area is 120 Å². The predicted octanol–water partition coefficient (Wildman–Crippen LogP) is 3.93. The molecule has 0 saturated heterocycles. The van der Waals surface area contributed by atoms with E-state index in [0.29, 0.717) is 0 Å². The number of halogens is 1. The molecule has 0 aliphatic heterocycles. The molecule has 0 radical (unpaired) electrons. The van der Waals surface area contributed by atoms with E-state index in [-0.39, 0.29) is 0 Å². The molecule has 0 N–H and O–H groups in total. The van der Waals surface area contributed by atoms with Gasteiger partial charge in [0.15, 0.2) is 0 Å².